The molecule has 0 bridgehead atoms. The highest BCUT2D eigenvalue weighted by Crippen LogP contribution is 2.33. The molecule has 0 spiro atoms. The molecule has 18 heteroatoms. The van der Waals surface area contributed by atoms with E-state index in [9.17, 15) is 19.1 Å². The summed E-state index contributed by atoms with van der Waals surface area (Å²) in [4.78, 5) is 40.7. The number of carboxylic acids is 1. The maximum absolute atomic E-state index is 15.0. The van der Waals surface area contributed by atoms with Crippen LogP contribution in [0.1, 0.15) is 53.7 Å². The topological polar surface area (TPSA) is 148 Å². The van der Waals surface area contributed by atoms with E-state index in [2.05, 4.69) is 63.4 Å². The van der Waals surface area contributed by atoms with Crippen molar-refractivity contribution in [2.75, 3.05) is 58.9 Å². The molecular weight excluding hydrogens is 848 g/mol. The summed E-state index contributed by atoms with van der Waals surface area (Å²) in [6.45, 7) is 16.7. The van der Waals surface area contributed by atoms with Gasteiger partial charge in [0, 0.05) is 45.3 Å². The number of carboxylic acid groups (broad SMARTS) is 1. The molecule has 3 heterocycles. The normalized spacial score (nSPS) is 12.1. The van der Waals surface area contributed by atoms with Crippen molar-refractivity contribution < 1.29 is 33.3 Å². The Morgan fingerprint density at radius 3 is 2.45 bits per heavy atom. The number of thiazole rings is 2. The van der Waals surface area contributed by atoms with Crippen LogP contribution in [0.2, 0.25) is 25.7 Å². The highest BCUT2D eigenvalue weighted by atomic mass is 32.1. The van der Waals surface area contributed by atoms with E-state index in [1.807, 2.05) is 49.0 Å². The van der Waals surface area contributed by atoms with Gasteiger partial charge >= 0.3 is 12.1 Å². The SMILES string of the molecule is Cc1cc(N(CCN(C)C)c2nc(C(=O)O)c(CCCOc3ccc(C#CCN(C)C(=O)OC(C)(C)C)cc3F)s2)nnc1N=c1sc2ccccc2n1COCC[Si](C)(C)C. The van der Waals surface area contributed by atoms with Gasteiger partial charge < -0.3 is 29.1 Å². The number of carbonyl (C=O) groups is 2. The first kappa shape index (κ1) is 47.8. The van der Waals surface area contributed by atoms with E-state index >= 15 is 0 Å². The predicted molar refractivity (Wildman–Crippen MR) is 247 cm³/mol. The number of aromatic nitrogens is 4. The molecule has 5 rings (SSSR count). The summed E-state index contributed by atoms with van der Waals surface area (Å²) in [7, 11) is 4.24. The number of halogens is 1. The van der Waals surface area contributed by atoms with Crippen LogP contribution in [0.15, 0.2) is 53.5 Å². The van der Waals surface area contributed by atoms with E-state index in [4.69, 9.17) is 19.2 Å². The van der Waals surface area contributed by atoms with Gasteiger partial charge in [-0.25, -0.2) is 19.0 Å². The molecule has 0 saturated carbocycles. The van der Waals surface area contributed by atoms with Crippen LogP contribution >= 0.6 is 22.7 Å². The van der Waals surface area contributed by atoms with Crippen LogP contribution in [0.4, 0.5) is 26.0 Å². The zero-order valence-corrected chi connectivity index (χ0v) is 39.9. The number of para-hydroxylation sites is 1. The van der Waals surface area contributed by atoms with Crippen LogP contribution in [0.3, 0.4) is 0 Å². The lowest BCUT2D eigenvalue weighted by atomic mass is 10.2. The van der Waals surface area contributed by atoms with Gasteiger partial charge in [-0.05, 0) is 103 Å². The zero-order chi connectivity index (χ0) is 45.2. The summed E-state index contributed by atoms with van der Waals surface area (Å²) in [5, 5.41) is 19.8. The number of amides is 1. The Labute approximate surface area is 372 Å². The standard InChI is InChI=1S/C44H57FN8O6S2Si/c1-30-27-37(48-49-39(30)47-42-53(29-57-25-26-62(8,9)10)33-16-11-12-17-35(33)60-42)52(23-22-50(5)6)41-46-38(40(54)55)36(61-41)18-14-24-58-34-20-19-31(28-32(34)45)15-13-21-51(7)43(56)59-44(2,3)4/h11-12,16-17,19-20,27-28H,14,18,21-26,29H2,1-10H3,(H,54,55). The fourth-order valence-corrected chi connectivity index (χ4v) is 8.64. The second kappa shape index (κ2) is 21.3. The maximum Gasteiger partial charge on any atom is 0.410 e. The molecule has 1 N–H and O–H groups in total. The number of nitrogens with zero attached hydrogens (tertiary/aromatic N) is 8. The summed E-state index contributed by atoms with van der Waals surface area (Å²) in [6, 6.07) is 15.5. The largest absolute Gasteiger partial charge is 0.491 e. The Morgan fingerprint density at radius 1 is 1.02 bits per heavy atom. The van der Waals surface area contributed by atoms with Crippen molar-refractivity contribution in [3.8, 4) is 17.6 Å². The summed E-state index contributed by atoms with van der Waals surface area (Å²) >= 11 is 2.83. The number of fused-ring (bicyclic) bond motifs is 1. The third-order valence-corrected chi connectivity index (χ3v) is 13.0. The molecule has 3 aromatic heterocycles. The highest BCUT2D eigenvalue weighted by molar-refractivity contribution is 7.16. The van der Waals surface area contributed by atoms with Crippen molar-refractivity contribution in [2.45, 2.75) is 78.6 Å². The zero-order valence-electron chi connectivity index (χ0n) is 37.2. The quantitative estimate of drug-likeness (QED) is 0.0513. The summed E-state index contributed by atoms with van der Waals surface area (Å²) in [6.07, 6.45) is 0.256. The van der Waals surface area contributed by atoms with Crippen molar-refractivity contribution in [1.29, 1.82) is 0 Å². The van der Waals surface area contributed by atoms with Crippen molar-refractivity contribution in [3.05, 3.63) is 80.8 Å². The number of ether oxygens (including phenoxy) is 3. The fraction of sp³-hybridized carbons (Fsp3) is 0.455. The summed E-state index contributed by atoms with van der Waals surface area (Å²) < 4.78 is 35.3. The van der Waals surface area contributed by atoms with Gasteiger partial charge in [0.2, 0.25) is 0 Å². The first-order valence-corrected chi connectivity index (χ1v) is 25.7. The van der Waals surface area contributed by atoms with E-state index < -0.39 is 31.6 Å². The number of rotatable bonds is 18. The molecule has 14 nitrogen and oxygen atoms in total. The van der Waals surface area contributed by atoms with Gasteiger partial charge in [-0.1, -0.05) is 55.0 Å². The van der Waals surface area contributed by atoms with E-state index in [1.165, 1.54) is 28.4 Å². The minimum atomic E-state index is -1.25. The molecule has 0 atom stereocenters. The van der Waals surface area contributed by atoms with Crippen molar-refractivity contribution in [1.82, 2.24) is 29.5 Å². The van der Waals surface area contributed by atoms with Gasteiger partial charge in [-0.2, -0.15) is 4.99 Å². The van der Waals surface area contributed by atoms with Crippen LogP contribution in [-0.2, 0) is 22.6 Å². The molecule has 62 heavy (non-hydrogen) atoms. The third kappa shape index (κ3) is 13.9. The van der Waals surface area contributed by atoms with Gasteiger partial charge in [-0.15, -0.1) is 21.5 Å². The lowest BCUT2D eigenvalue weighted by molar-refractivity contribution is 0.0320. The average Bonchev–Trinajstić information content (AvgIpc) is 3.77. The molecule has 0 aliphatic heterocycles. The number of hydrogen-bond acceptors (Lipinski definition) is 13. The number of benzene rings is 2. The highest BCUT2D eigenvalue weighted by Gasteiger charge is 2.24. The van der Waals surface area contributed by atoms with Crippen molar-refractivity contribution in [3.63, 3.8) is 0 Å². The predicted octanol–water partition coefficient (Wildman–Crippen LogP) is 8.57. The van der Waals surface area contributed by atoms with E-state index in [1.54, 1.807) is 45.2 Å². The molecule has 1 amide bonds. The Morgan fingerprint density at radius 2 is 1.77 bits per heavy atom. The van der Waals surface area contributed by atoms with E-state index in [0.29, 0.717) is 66.5 Å². The molecule has 0 saturated heterocycles. The van der Waals surface area contributed by atoms with E-state index in [0.717, 1.165) is 26.6 Å². The number of carbonyl (C=O) groups excluding carboxylic acids is 1. The van der Waals surface area contributed by atoms with Gasteiger partial charge in [0.1, 0.15) is 12.3 Å². The van der Waals surface area contributed by atoms with E-state index in [-0.39, 0.29) is 24.6 Å². The van der Waals surface area contributed by atoms with Crippen LogP contribution in [0, 0.1) is 24.6 Å². The first-order chi connectivity index (χ1) is 29.3. The number of likely N-dealkylation sites (N-methyl/N-ethyl adjacent to an activating group) is 1. The molecule has 0 radical (unpaired) electrons. The Bertz CT molecular complexity index is 2480. The molecule has 0 unspecified atom stereocenters. The van der Waals surface area contributed by atoms with Crippen LogP contribution in [0.25, 0.3) is 10.2 Å². The van der Waals surface area contributed by atoms with Crippen molar-refractivity contribution in [2.24, 2.45) is 4.99 Å². The smallest absolute Gasteiger partial charge is 0.410 e. The Kier molecular flexibility index (Phi) is 16.4. The summed E-state index contributed by atoms with van der Waals surface area (Å²) in [5.41, 5.74) is 1.58. The lowest BCUT2D eigenvalue weighted by Crippen LogP contribution is -2.34. The van der Waals surface area contributed by atoms with Crippen LogP contribution < -0.4 is 14.4 Å². The van der Waals surface area contributed by atoms with Gasteiger partial charge in [0.05, 0.1) is 23.4 Å². The lowest BCUT2D eigenvalue weighted by Gasteiger charge is -2.23. The molecule has 0 aliphatic rings. The second-order valence-electron chi connectivity index (χ2n) is 17.2. The minimum absolute atomic E-state index is 0.0519. The number of aromatic carboxylic acids is 1. The van der Waals surface area contributed by atoms with Crippen molar-refractivity contribution >= 4 is 69.8 Å². The molecule has 0 aliphatic carbocycles. The van der Waals surface area contributed by atoms with Gasteiger partial charge in [0.15, 0.2) is 38.8 Å². The fourth-order valence-electron chi connectivity index (χ4n) is 5.74. The Balaban J connectivity index is 1.29. The molecule has 0 fully saturated rings. The van der Waals surface area contributed by atoms with Gasteiger partial charge in [-0.3, -0.25) is 9.47 Å². The number of aryl methyl sites for hydroxylation is 2. The average molecular weight is 905 g/mol. The molecule has 2 aromatic carbocycles. The molecular formula is C44H57FN8O6S2Si. The molecule has 5 aromatic rings. The maximum atomic E-state index is 15.0. The first-order valence-electron chi connectivity index (χ1n) is 20.3. The Hall–Kier alpha value is -5.19. The second-order valence-corrected chi connectivity index (χ2v) is 24.9. The number of anilines is 2. The van der Waals surface area contributed by atoms with Crippen LogP contribution in [-0.4, -0.2) is 114 Å². The van der Waals surface area contributed by atoms with Crippen LogP contribution in [0.5, 0.6) is 5.75 Å². The monoisotopic (exact) mass is 904 g/mol. The third-order valence-electron chi connectivity index (χ3n) is 9.11. The summed E-state index contributed by atoms with van der Waals surface area (Å²) in [5.74, 6) is 5.03. The molecule has 332 valence electrons. The minimum Gasteiger partial charge on any atom is -0.491 e. The van der Waals surface area contributed by atoms with Gasteiger partial charge in [0.25, 0.3) is 0 Å². The number of hydrogen-bond donors (Lipinski definition) is 1.